The highest BCUT2D eigenvalue weighted by Gasteiger charge is 1.89. The molecule has 0 rings (SSSR count). The molecule has 42 valence electrons. The highest BCUT2D eigenvalue weighted by Crippen LogP contribution is 1.87. The van der Waals surface area contributed by atoms with Gasteiger partial charge in [0.05, 0.1) is 12.0 Å². The average molecular weight is 121 g/mol. The fourth-order valence-electron chi connectivity index (χ4n) is 0.274. The SMILES string of the molecule is C/C=C/C(O)CCl. The van der Waals surface area contributed by atoms with Crippen LogP contribution in [0.2, 0.25) is 0 Å². The quantitative estimate of drug-likeness (QED) is 0.428. The molecule has 0 saturated carbocycles. The Balaban J connectivity index is 3.16. The van der Waals surface area contributed by atoms with E-state index in [0.29, 0.717) is 0 Å². The van der Waals surface area contributed by atoms with Crippen molar-refractivity contribution >= 4 is 11.6 Å². The van der Waals surface area contributed by atoms with Gasteiger partial charge in [0.1, 0.15) is 0 Å². The molecule has 0 spiro atoms. The number of hydrogen-bond acceptors (Lipinski definition) is 1. The molecule has 1 atom stereocenters. The maximum Gasteiger partial charge on any atom is 0.0856 e. The maximum atomic E-state index is 8.64. The van der Waals surface area contributed by atoms with E-state index in [1.807, 2.05) is 6.92 Å². The Morgan fingerprint density at radius 3 is 2.57 bits per heavy atom. The van der Waals surface area contributed by atoms with E-state index in [2.05, 4.69) is 0 Å². The molecule has 0 aromatic rings. The molecule has 0 saturated heterocycles. The van der Waals surface area contributed by atoms with Crippen molar-refractivity contribution in [1.82, 2.24) is 0 Å². The van der Waals surface area contributed by atoms with Crippen molar-refractivity contribution in [2.24, 2.45) is 0 Å². The lowest BCUT2D eigenvalue weighted by Gasteiger charge is -1.93. The Bertz CT molecular complexity index is 61.1. The van der Waals surface area contributed by atoms with Crippen LogP contribution in [-0.2, 0) is 0 Å². The summed E-state index contributed by atoms with van der Waals surface area (Å²) in [7, 11) is 0. The molecule has 2 heteroatoms. The average Bonchev–Trinajstić information content (AvgIpc) is 1.68. The van der Waals surface area contributed by atoms with Crippen molar-refractivity contribution in [2.75, 3.05) is 5.88 Å². The van der Waals surface area contributed by atoms with E-state index in [9.17, 15) is 0 Å². The summed E-state index contributed by atoms with van der Waals surface area (Å²) < 4.78 is 0. The smallest absolute Gasteiger partial charge is 0.0856 e. The minimum Gasteiger partial charge on any atom is -0.388 e. The van der Waals surface area contributed by atoms with Gasteiger partial charge in [-0.2, -0.15) is 0 Å². The third kappa shape index (κ3) is 3.83. The van der Waals surface area contributed by atoms with Gasteiger partial charge >= 0.3 is 0 Å². The van der Waals surface area contributed by atoms with Gasteiger partial charge in [-0.15, -0.1) is 11.6 Å². The maximum absolute atomic E-state index is 8.64. The van der Waals surface area contributed by atoms with Gasteiger partial charge < -0.3 is 5.11 Å². The number of aliphatic hydroxyl groups is 1. The molecule has 0 bridgehead atoms. The molecule has 7 heavy (non-hydrogen) atoms. The van der Waals surface area contributed by atoms with Crippen LogP contribution in [0, 0.1) is 0 Å². The van der Waals surface area contributed by atoms with Crippen LogP contribution >= 0.6 is 11.6 Å². The van der Waals surface area contributed by atoms with Crippen LogP contribution in [0.3, 0.4) is 0 Å². The molecule has 0 fully saturated rings. The summed E-state index contributed by atoms with van der Waals surface area (Å²) in [6.45, 7) is 1.84. The van der Waals surface area contributed by atoms with E-state index in [1.165, 1.54) is 0 Å². The number of aliphatic hydroxyl groups excluding tert-OH is 1. The summed E-state index contributed by atoms with van der Waals surface area (Å²) in [4.78, 5) is 0. The molecular weight excluding hydrogens is 112 g/mol. The molecule has 0 aromatic carbocycles. The molecule has 0 aromatic heterocycles. The minimum atomic E-state index is -0.466. The number of halogens is 1. The summed E-state index contributed by atoms with van der Waals surface area (Å²) in [5.74, 6) is 0.282. The molecule has 0 aliphatic rings. The Hall–Kier alpha value is -0.0100. The van der Waals surface area contributed by atoms with E-state index in [1.54, 1.807) is 12.2 Å². The summed E-state index contributed by atoms with van der Waals surface area (Å²) >= 11 is 5.23. The first-order valence-electron chi connectivity index (χ1n) is 2.18. The van der Waals surface area contributed by atoms with Crippen LogP contribution in [0.4, 0.5) is 0 Å². The molecule has 0 radical (unpaired) electrons. The third-order valence-electron chi connectivity index (χ3n) is 0.573. The van der Waals surface area contributed by atoms with Crippen LogP contribution in [-0.4, -0.2) is 17.1 Å². The van der Waals surface area contributed by atoms with E-state index in [-0.39, 0.29) is 5.88 Å². The molecule has 0 amide bonds. The summed E-state index contributed by atoms with van der Waals surface area (Å²) in [6.07, 6.45) is 2.95. The zero-order valence-electron chi connectivity index (χ0n) is 4.26. The number of alkyl halides is 1. The Morgan fingerprint density at radius 1 is 1.86 bits per heavy atom. The third-order valence-corrected chi connectivity index (χ3v) is 0.889. The zero-order valence-corrected chi connectivity index (χ0v) is 5.02. The fourth-order valence-corrected chi connectivity index (χ4v) is 0.376. The van der Waals surface area contributed by atoms with Gasteiger partial charge in [0, 0.05) is 0 Å². The molecule has 1 unspecified atom stereocenters. The lowest BCUT2D eigenvalue weighted by Crippen LogP contribution is -2.01. The lowest BCUT2D eigenvalue weighted by molar-refractivity contribution is 0.247. The van der Waals surface area contributed by atoms with E-state index in [0.717, 1.165) is 0 Å². The van der Waals surface area contributed by atoms with E-state index in [4.69, 9.17) is 16.7 Å². The zero-order chi connectivity index (χ0) is 5.70. The van der Waals surface area contributed by atoms with Crippen LogP contribution in [0.5, 0.6) is 0 Å². The summed E-state index contributed by atoms with van der Waals surface area (Å²) in [6, 6.07) is 0. The van der Waals surface area contributed by atoms with Crippen molar-refractivity contribution in [3.05, 3.63) is 12.2 Å². The van der Waals surface area contributed by atoms with Crippen molar-refractivity contribution in [1.29, 1.82) is 0 Å². The van der Waals surface area contributed by atoms with Gasteiger partial charge in [-0.05, 0) is 6.92 Å². The summed E-state index contributed by atoms with van der Waals surface area (Å²) in [5.41, 5.74) is 0. The fraction of sp³-hybridized carbons (Fsp3) is 0.600. The van der Waals surface area contributed by atoms with E-state index < -0.39 is 6.10 Å². The summed E-state index contributed by atoms with van der Waals surface area (Å²) in [5, 5.41) is 8.64. The second-order valence-corrected chi connectivity index (χ2v) is 1.56. The van der Waals surface area contributed by atoms with Gasteiger partial charge in [0.2, 0.25) is 0 Å². The predicted octanol–water partition coefficient (Wildman–Crippen LogP) is 1.16. The van der Waals surface area contributed by atoms with Crippen molar-refractivity contribution in [3.8, 4) is 0 Å². The molecule has 1 nitrogen and oxygen atoms in total. The Kier molecular flexibility index (Phi) is 4.15. The van der Waals surface area contributed by atoms with Crippen molar-refractivity contribution in [2.45, 2.75) is 13.0 Å². The van der Waals surface area contributed by atoms with Gasteiger partial charge in [-0.3, -0.25) is 0 Å². The van der Waals surface area contributed by atoms with Crippen molar-refractivity contribution in [3.63, 3.8) is 0 Å². The van der Waals surface area contributed by atoms with E-state index >= 15 is 0 Å². The van der Waals surface area contributed by atoms with Gasteiger partial charge in [0.15, 0.2) is 0 Å². The molecule has 0 heterocycles. The van der Waals surface area contributed by atoms with Crippen LogP contribution in [0.1, 0.15) is 6.92 Å². The van der Waals surface area contributed by atoms with Crippen LogP contribution in [0.25, 0.3) is 0 Å². The van der Waals surface area contributed by atoms with Gasteiger partial charge in [0.25, 0.3) is 0 Å². The van der Waals surface area contributed by atoms with Crippen LogP contribution in [0.15, 0.2) is 12.2 Å². The standard InChI is InChI=1S/C5H9ClO/c1-2-3-5(7)4-6/h2-3,5,7H,4H2,1H3/b3-2+. The lowest BCUT2D eigenvalue weighted by atomic mass is 10.4. The molecule has 0 aliphatic heterocycles. The Morgan fingerprint density at radius 2 is 2.43 bits per heavy atom. The topological polar surface area (TPSA) is 20.2 Å². The minimum absolute atomic E-state index is 0.282. The van der Waals surface area contributed by atoms with Crippen molar-refractivity contribution < 1.29 is 5.11 Å². The number of allylic oxidation sites excluding steroid dienone is 1. The molecule has 1 N–H and O–H groups in total. The first kappa shape index (κ1) is 6.99. The largest absolute Gasteiger partial charge is 0.388 e. The Labute approximate surface area is 48.6 Å². The highest BCUT2D eigenvalue weighted by atomic mass is 35.5. The van der Waals surface area contributed by atoms with Crippen LogP contribution < -0.4 is 0 Å². The highest BCUT2D eigenvalue weighted by molar-refractivity contribution is 6.18. The molecular formula is C5H9ClO. The normalized spacial score (nSPS) is 15.3. The van der Waals surface area contributed by atoms with Gasteiger partial charge in [-0.1, -0.05) is 12.2 Å². The predicted molar refractivity (Wildman–Crippen MR) is 31.5 cm³/mol. The first-order valence-corrected chi connectivity index (χ1v) is 2.71. The second kappa shape index (κ2) is 4.16. The number of hydrogen-bond donors (Lipinski definition) is 1. The number of rotatable bonds is 2. The second-order valence-electron chi connectivity index (χ2n) is 1.25. The molecule has 0 aliphatic carbocycles. The monoisotopic (exact) mass is 120 g/mol. The van der Waals surface area contributed by atoms with Gasteiger partial charge in [-0.25, -0.2) is 0 Å². The first-order chi connectivity index (χ1) is 3.31.